The SMILES string of the molecule is C=CCNC(=O)C(=O)C(CCCC)NC(=O)C1CCCN1C(=O)C(NC(=O)NC(CN(C)S(C)=O)C(C)(C)C)C(C)(C)C. The van der Waals surface area contributed by atoms with Crippen molar-refractivity contribution in [3.05, 3.63) is 12.7 Å². The van der Waals surface area contributed by atoms with Crippen molar-refractivity contribution in [2.45, 2.75) is 105 Å². The van der Waals surface area contributed by atoms with Crippen molar-refractivity contribution in [1.82, 2.24) is 30.5 Å². The van der Waals surface area contributed by atoms with E-state index < -0.39 is 64.1 Å². The first kappa shape index (κ1) is 38.2. The largest absolute Gasteiger partial charge is 0.346 e. The zero-order valence-electron chi connectivity index (χ0n) is 27.5. The maximum absolute atomic E-state index is 13.9. The molecule has 0 radical (unpaired) electrons. The van der Waals surface area contributed by atoms with Gasteiger partial charge in [-0.1, -0.05) is 67.4 Å². The van der Waals surface area contributed by atoms with Gasteiger partial charge in [0.1, 0.15) is 12.1 Å². The maximum atomic E-state index is 13.9. The summed E-state index contributed by atoms with van der Waals surface area (Å²) >= 11 is 0. The Morgan fingerprint density at radius 2 is 1.67 bits per heavy atom. The number of rotatable bonds is 15. The van der Waals surface area contributed by atoms with Gasteiger partial charge in [0.15, 0.2) is 0 Å². The number of amides is 5. The van der Waals surface area contributed by atoms with Gasteiger partial charge in [-0.15, -0.1) is 6.58 Å². The first-order chi connectivity index (χ1) is 19.8. The van der Waals surface area contributed by atoms with Crippen LogP contribution >= 0.6 is 0 Å². The summed E-state index contributed by atoms with van der Waals surface area (Å²) in [6.07, 6.45) is 5.69. The second-order valence-corrected chi connectivity index (χ2v) is 14.8. The molecule has 1 aliphatic heterocycles. The summed E-state index contributed by atoms with van der Waals surface area (Å²) in [7, 11) is 0.489. The molecule has 43 heavy (non-hydrogen) atoms. The van der Waals surface area contributed by atoms with Crippen molar-refractivity contribution in [2.24, 2.45) is 10.8 Å². The summed E-state index contributed by atoms with van der Waals surface area (Å²) in [5, 5.41) is 11.0. The normalized spacial score (nSPS) is 18.3. The molecule has 0 aliphatic carbocycles. The van der Waals surface area contributed by atoms with Crippen LogP contribution in [0.1, 0.15) is 80.6 Å². The van der Waals surface area contributed by atoms with E-state index in [1.807, 2.05) is 48.5 Å². The van der Waals surface area contributed by atoms with Gasteiger partial charge < -0.3 is 26.2 Å². The van der Waals surface area contributed by atoms with E-state index in [1.165, 1.54) is 11.0 Å². The summed E-state index contributed by atoms with van der Waals surface area (Å²) in [6.45, 7) is 17.6. The van der Waals surface area contributed by atoms with Gasteiger partial charge in [-0.3, -0.25) is 19.2 Å². The van der Waals surface area contributed by atoms with Gasteiger partial charge >= 0.3 is 6.03 Å². The molecule has 0 saturated carbocycles. The summed E-state index contributed by atoms with van der Waals surface area (Å²) in [5.41, 5.74) is -1.06. The first-order valence-corrected chi connectivity index (χ1v) is 16.5. The molecule has 1 rings (SSSR count). The van der Waals surface area contributed by atoms with E-state index in [-0.39, 0.29) is 18.0 Å². The second kappa shape index (κ2) is 16.9. The predicted octanol–water partition coefficient (Wildman–Crippen LogP) is 1.88. The molecule has 1 aliphatic rings. The fourth-order valence-electron chi connectivity index (χ4n) is 4.70. The molecule has 13 heteroatoms. The summed E-state index contributed by atoms with van der Waals surface area (Å²) in [5.74, 6) is -2.44. The summed E-state index contributed by atoms with van der Waals surface area (Å²) in [4.78, 5) is 67.2. The third-order valence-corrected chi connectivity index (χ3v) is 8.59. The van der Waals surface area contributed by atoms with Crippen molar-refractivity contribution in [2.75, 3.05) is 32.9 Å². The van der Waals surface area contributed by atoms with Gasteiger partial charge in [-0.2, -0.15) is 0 Å². The highest BCUT2D eigenvalue weighted by atomic mass is 32.2. The third kappa shape index (κ3) is 12.0. The van der Waals surface area contributed by atoms with Gasteiger partial charge in [0.05, 0.1) is 17.0 Å². The van der Waals surface area contributed by atoms with Crippen LogP contribution in [0.15, 0.2) is 12.7 Å². The predicted molar refractivity (Wildman–Crippen MR) is 169 cm³/mol. The van der Waals surface area contributed by atoms with E-state index in [1.54, 1.807) is 17.6 Å². The minimum Gasteiger partial charge on any atom is -0.346 e. The molecule has 5 atom stereocenters. The molecule has 0 aromatic carbocycles. The van der Waals surface area contributed by atoms with E-state index in [4.69, 9.17) is 0 Å². The number of urea groups is 1. The quantitative estimate of drug-likeness (QED) is 0.161. The minimum atomic E-state index is -1.22. The standard InChI is InChI=1S/C30H54N6O6S/c1-11-13-15-20(23(37)26(39)31-17-12-2)32-25(38)21-16-14-18-36(21)27(40)24(30(6,7)8)34-28(41)33-22(29(3,4)5)19-35(9)43(10)42/h12,20-22,24H,2,11,13-19H2,1,3-10H3,(H,31,39)(H,32,38)(H2,33,34,41). The molecule has 0 aromatic heterocycles. The third-order valence-electron chi connectivity index (χ3n) is 7.57. The summed E-state index contributed by atoms with van der Waals surface area (Å²) in [6, 6.07) is -3.72. The van der Waals surface area contributed by atoms with Gasteiger partial charge in [-0.05, 0) is 37.1 Å². The molecule has 4 N–H and O–H groups in total. The number of unbranched alkanes of at least 4 members (excludes halogenated alkanes) is 1. The molecular weight excluding hydrogens is 572 g/mol. The highest BCUT2D eigenvalue weighted by Crippen LogP contribution is 2.26. The number of ketones is 1. The molecular formula is C30H54N6O6S. The van der Waals surface area contributed by atoms with Crippen molar-refractivity contribution in [3.63, 3.8) is 0 Å². The number of carbonyl (C=O) groups excluding carboxylic acids is 5. The zero-order valence-corrected chi connectivity index (χ0v) is 28.3. The van der Waals surface area contributed by atoms with E-state index in [2.05, 4.69) is 27.8 Å². The number of hydrogen-bond acceptors (Lipinski definition) is 6. The van der Waals surface area contributed by atoms with Crippen molar-refractivity contribution < 1.29 is 28.2 Å². The molecule has 1 fully saturated rings. The Hall–Kier alpha value is -2.80. The fourth-order valence-corrected chi connectivity index (χ4v) is 5.06. The lowest BCUT2D eigenvalue weighted by atomic mass is 9.85. The number of likely N-dealkylation sites (tertiary alicyclic amines) is 1. The Labute approximate surface area is 260 Å². The Morgan fingerprint density at radius 1 is 1.05 bits per heavy atom. The Kier molecular flexibility index (Phi) is 15.0. The van der Waals surface area contributed by atoms with Gasteiger partial charge in [-0.25, -0.2) is 13.3 Å². The van der Waals surface area contributed by atoms with Crippen LogP contribution < -0.4 is 21.3 Å². The lowest BCUT2D eigenvalue weighted by Crippen LogP contribution is -2.61. The fraction of sp³-hybridized carbons (Fsp3) is 0.767. The molecule has 246 valence electrons. The number of hydrogen-bond donors (Lipinski definition) is 4. The Bertz CT molecular complexity index is 1040. The van der Waals surface area contributed by atoms with Crippen molar-refractivity contribution >= 4 is 40.5 Å². The molecule has 5 amide bonds. The minimum absolute atomic E-state index is 0.129. The lowest BCUT2D eigenvalue weighted by Gasteiger charge is -2.37. The van der Waals surface area contributed by atoms with Gasteiger partial charge in [0.25, 0.3) is 5.91 Å². The van der Waals surface area contributed by atoms with E-state index in [0.29, 0.717) is 38.8 Å². The number of nitrogens with one attached hydrogen (secondary N) is 4. The topological polar surface area (TPSA) is 157 Å². The zero-order chi connectivity index (χ0) is 33.1. The number of nitrogens with zero attached hydrogens (tertiary/aromatic N) is 2. The molecule has 1 saturated heterocycles. The Morgan fingerprint density at radius 3 is 2.19 bits per heavy atom. The average molecular weight is 627 g/mol. The molecule has 5 unspecified atom stereocenters. The van der Waals surface area contributed by atoms with Crippen LogP contribution in [-0.2, 0) is 30.2 Å². The number of Topliss-reactive ketones (excluding diaryl/α,β-unsaturated/α-hetero) is 1. The van der Waals surface area contributed by atoms with Crippen LogP contribution in [0.4, 0.5) is 4.79 Å². The maximum Gasteiger partial charge on any atom is 0.315 e. The molecule has 0 bridgehead atoms. The van der Waals surface area contributed by atoms with Crippen LogP contribution in [0.25, 0.3) is 0 Å². The van der Waals surface area contributed by atoms with E-state index in [9.17, 15) is 28.2 Å². The number of likely N-dealkylation sites (N-methyl/N-ethyl adjacent to an activating group) is 1. The molecule has 0 aromatic rings. The van der Waals surface area contributed by atoms with E-state index >= 15 is 0 Å². The van der Waals surface area contributed by atoms with Crippen LogP contribution in [0.2, 0.25) is 0 Å². The van der Waals surface area contributed by atoms with Crippen LogP contribution in [0, 0.1) is 10.8 Å². The molecule has 12 nitrogen and oxygen atoms in total. The summed E-state index contributed by atoms with van der Waals surface area (Å²) < 4.78 is 13.6. The van der Waals surface area contributed by atoms with Crippen molar-refractivity contribution in [3.8, 4) is 0 Å². The molecule has 1 heterocycles. The van der Waals surface area contributed by atoms with Crippen LogP contribution in [0.3, 0.4) is 0 Å². The monoisotopic (exact) mass is 626 g/mol. The second-order valence-electron chi connectivity index (χ2n) is 13.3. The Balaban J connectivity index is 3.13. The van der Waals surface area contributed by atoms with Gasteiger partial charge in [0, 0.05) is 31.9 Å². The van der Waals surface area contributed by atoms with Crippen LogP contribution in [-0.4, -0.2) is 100 Å². The van der Waals surface area contributed by atoms with Gasteiger partial charge in [0.2, 0.25) is 17.6 Å². The number of carbonyl (C=O) groups is 5. The van der Waals surface area contributed by atoms with E-state index in [0.717, 1.165) is 6.42 Å². The highest BCUT2D eigenvalue weighted by Gasteiger charge is 2.43. The van der Waals surface area contributed by atoms with Crippen molar-refractivity contribution in [1.29, 1.82) is 0 Å². The first-order valence-electron chi connectivity index (χ1n) is 15.0. The smallest absolute Gasteiger partial charge is 0.315 e. The molecule has 0 spiro atoms. The van der Waals surface area contributed by atoms with Crippen LogP contribution in [0.5, 0.6) is 0 Å². The average Bonchev–Trinajstić information content (AvgIpc) is 3.40. The lowest BCUT2D eigenvalue weighted by molar-refractivity contribution is -0.143. The highest BCUT2D eigenvalue weighted by molar-refractivity contribution is 7.81.